The van der Waals surface area contributed by atoms with E-state index in [9.17, 15) is 4.79 Å². The van der Waals surface area contributed by atoms with E-state index in [0.29, 0.717) is 18.2 Å². The zero-order valence-corrected chi connectivity index (χ0v) is 14.0. The molecular formula is C17H16N4O2S. The molecule has 7 heteroatoms. The minimum Gasteiger partial charge on any atom is -0.478 e. The van der Waals surface area contributed by atoms with Gasteiger partial charge in [-0.2, -0.15) is 5.10 Å². The van der Waals surface area contributed by atoms with E-state index in [-0.39, 0.29) is 5.91 Å². The van der Waals surface area contributed by atoms with Crippen LogP contribution in [0, 0.1) is 6.92 Å². The summed E-state index contributed by atoms with van der Waals surface area (Å²) in [7, 11) is 0. The monoisotopic (exact) mass is 340 g/mol. The molecule has 3 aromatic rings. The summed E-state index contributed by atoms with van der Waals surface area (Å²) in [5, 5.41) is 10.2. The number of thiazole rings is 1. The molecule has 1 aliphatic rings. The molecule has 2 aromatic heterocycles. The van der Waals surface area contributed by atoms with Crippen molar-refractivity contribution < 1.29 is 9.53 Å². The number of nitrogens with one attached hydrogen (secondary N) is 1. The summed E-state index contributed by atoms with van der Waals surface area (Å²) in [4.78, 5) is 16.9. The first kappa shape index (κ1) is 14.9. The Kier molecular flexibility index (Phi) is 3.78. The second kappa shape index (κ2) is 6.09. The van der Waals surface area contributed by atoms with E-state index < -0.39 is 0 Å². The molecule has 1 aromatic carbocycles. The van der Waals surface area contributed by atoms with Gasteiger partial charge in [0.25, 0.3) is 5.91 Å². The van der Waals surface area contributed by atoms with E-state index in [0.717, 1.165) is 34.9 Å². The third-order valence-electron chi connectivity index (χ3n) is 3.78. The summed E-state index contributed by atoms with van der Waals surface area (Å²) >= 11 is 1.61. The number of hydrogen-bond acceptors (Lipinski definition) is 5. The lowest BCUT2D eigenvalue weighted by molar-refractivity contribution is 0.102. The number of amides is 1. The Morgan fingerprint density at radius 3 is 3.08 bits per heavy atom. The number of carbonyl (C=O) groups is 1. The highest BCUT2D eigenvalue weighted by Gasteiger charge is 2.18. The molecule has 0 saturated heterocycles. The lowest BCUT2D eigenvalue weighted by Gasteiger charge is -2.13. The maximum atomic E-state index is 12.4. The number of nitrogens with zero attached hydrogens (tertiary/aromatic N) is 3. The first-order valence-corrected chi connectivity index (χ1v) is 8.61. The lowest BCUT2D eigenvalue weighted by atomic mass is 10.1. The normalized spacial score (nSPS) is 13.2. The molecule has 6 nitrogen and oxygen atoms in total. The average molecular weight is 340 g/mol. The zero-order valence-electron chi connectivity index (χ0n) is 13.2. The van der Waals surface area contributed by atoms with Gasteiger partial charge in [0.2, 0.25) is 5.88 Å². The summed E-state index contributed by atoms with van der Waals surface area (Å²) in [5.41, 5.74) is 2.97. The molecule has 0 bridgehead atoms. The molecule has 3 heterocycles. The second-order valence-electron chi connectivity index (χ2n) is 5.58. The molecule has 1 aliphatic heterocycles. The van der Waals surface area contributed by atoms with Crippen molar-refractivity contribution in [2.24, 2.45) is 0 Å². The van der Waals surface area contributed by atoms with Crippen LogP contribution in [0.5, 0.6) is 5.88 Å². The van der Waals surface area contributed by atoms with Gasteiger partial charge in [0.05, 0.1) is 17.3 Å². The quantitative estimate of drug-likeness (QED) is 0.794. The Hall–Kier alpha value is -2.67. The van der Waals surface area contributed by atoms with Crippen LogP contribution in [0.15, 0.2) is 35.7 Å². The number of anilines is 1. The molecule has 1 amide bonds. The smallest absolute Gasteiger partial charge is 0.276 e. The van der Waals surface area contributed by atoms with Crippen LogP contribution >= 0.6 is 11.3 Å². The number of ether oxygens (including phenoxy) is 1. The van der Waals surface area contributed by atoms with Crippen molar-refractivity contribution in [1.29, 1.82) is 0 Å². The number of benzene rings is 1. The Bertz CT molecular complexity index is 876. The van der Waals surface area contributed by atoms with Crippen molar-refractivity contribution in [2.45, 2.75) is 19.9 Å². The van der Waals surface area contributed by atoms with Gasteiger partial charge in [-0.1, -0.05) is 12.1 Å². The number of carbonyl (C=O) groups excluding carboxylic acids is 1. The Balaban J connectivity index is 1.54. The van der Waals surface area contributed by atoms with Crippen molar-refractivity contribution in [3.05, 3.63) is 46.4 Å². The first-order chi connectivity index (χ1) is 11.7. The molecule has 0 fully saturated rings. The van der Waals surface area contributed by atoms with Crippen molar-refractivity contribution in [1.82, 2.24) is 14.8 Å². The summed E-state index contributed by atoms with van der Waals surface area (Å²) in [6.45, 7) is 3.42. The van der Waals surface area contributed by atoms with Crippen LogP contribution in [0.2, 0.25) is 0 Å². The van der Waals surface area contributed by atoms with E-state index in [1.54, 1.807) is 22.1 Å². The van der Waals surface area contributed by atoms with Gasteiger partial charge < -0.3 is 10.1 Å². The fraction of sp³-hybridized carbons (Fsp3) is 0.235. The second-order valence-corrected chi connectivity index (χ2v) is 6.64. The molecule has 0 radical (unpaired) electrons. The van der Waals surface area contributed by atoms with E-state index in [4.69, 9.17) is 4.74 Å². The zero-order chi connectivity index (χ0) is 16.5. The summed E-state index contributed by atoms with van der Waals surface area (Å²) in [6, 6.07) is 9.34. The molecule has 4 rings (SSSR count). The van der Waals surface area contributed by atoms with Crippen LogP contribution in [-0.4, -0.2) is 27.3 Å². The number of fused-ring (bicyclic) bond motifs is 1. The van der Waals surface area contributed by atoms with Crippen LogP contribution in [0.1, 0.15) is 21.9 Å². The molecule has 0 spiro atoms. The van der Waals surface area contributed by atoms with Crippen LogP contribution in [0.4, 0.5) is 5.69 Å². The van der Waals surface area contributed by atoms with E-state index >= 15 is 0 Å². The molecule has 1 N–H and O–H groups in total. The van der Waals surface area contributed by atoms with Crippen molar-refractivity contribution in [3.8, 4) is 17.1 Å². The largest absolute Gasteiger partial charge is 0.478 e. The summed E-state index contributed by atoms with van der Waals surface area (Å²) in [5.74, 6) is 0.408. The van der Waals surface area contributed by atoms with Gasteiger partial charge in [-0.25, -0.2) is 9.67 Å². The van der Waals surface area contributed by atoms with Crippen molar-refractivity contribution >= 4 is 22.9 Å². The van der Waals surface area contributed by atoms with Crippen LogP contribution in [0.25, 0.3) is 11.3 Å². The summed E-state index contributed by atoms with van der Waals surface area (Å²) in [6.07, 6.45) is 0.908. The predicted octanol–water partition coefficient (Wildman–Crippen LogP) is 3.35. The maximum absolute atomic E-state index is 12.4. The minimum atomic E-state index is -0.243. The van der Waals surface area contributed by atoms with Crippen LogP contribution < -0.4 is 10.1 Å². The molecule has 24 heavy (non-hydrogen) atoms. The molecule has 0 atom stereocenters. The highest BCUT2D eigenvalue weighted by Crippen LogP contribution is 2.25. The minimum absolute atomic E-state index is 0.243. The SMILES string of the molecule is Cc1nc(-c2cccc(NC(=O)c3cc4n(n3)CCCO4)c2)cs1. The molecule has 122 valence electrons. The number of hydrogen-bond donors (Lipinski definition) is 1. The topological polar surface area (TPSA) is 69.0 Å². The standard InChI is InChI=1S/C17H16N4O2S/c1-11-18-15(10-24-11)12-4-2-5-13(8-12)19-17(22)14-9-16-21(20-14)6-3-7-23-16/h2,4-5,8-10H,3,6-7H2,1H3,(H,19,22). The molecule has 0 unspecified atom stereocenters. The van der Waals surface area contributed by atoms with Crippen molar-refractivity contribution in [2.75, 3.05) is 11.9 Å². The lowest BCUT2D eigenvalue weighted by Crippen LogP contribution is -2.16. The average Bonchev–Trinajstić information content (AvgIpc) is 3.21. The summed E-state index contributed by atoms with van der Waals surface area (Å²) < 4.78 is 7.23. The van der Waals surface area contributed by atoms with Gasteiger partial charge in [0.15, 0.2) is 5.69 Å². The number of rotatable bonds is 3. The van der Waals surface area contributed by atoms with E-state index in [1.807, 2.05) is 36.6 Å². The van der Waals surface area contributed by atoms with Gasteiger partial charge >= 0.3 is 0 Å². The van der Waals surface area contributed by atoms with Gasteiger partial charge in [-0.05, 0) is 19.1 Å². The van der Waals surface area contributed by atoms with Crippen LogP contribution in [-0.2, 0) is 6.54 Å². The number of aryl methyl sites for hydroxylation is 2. The third kappa shape index (κ3) is 2.90. The fourth-order valence-corrected chi connectivity index (χ4v) is 3.25. The third-order valence-corrected chi connectivity index (χ3v) is 4.55. The van der Waals surface area contributed by atoms with Crippen LogP contribution in [0.3, 0.4) is 0 Å². The predicted molar refractivity (Wildman–Crippen MR) is 92.6 cm³/mol. The molecule has 0 saturated carbocycles. The molecule has 0 aliphatic carbocycles. The Morgan fingerprint density at radius 1 is 1.38 bits per heavy atom. The number of aromatic nitrogens is 3. The Labute approximate surface area is 143 Å². The Morgan fingerprint density at radius 2 is 2.29 bits per heavy atom. The van der Waals surface area contributed by atoms with Gasteiger partial charge in [0, 0.05) is 35.7 Å². The van der Waals surface area contributed by atoms with Gasteiger partial charge in [-0.15, -0.1) is 11.3 Å². The van der Waals surface area contributed by atoms with Gasteiger partial charge in [-0.3, -0.25) is 4.79 Å². The molecular weight excluding hydrogens is 324 g/mol. The van der Waals surface area contributed by atoms with Gasteiger partial charge in [0.1, 0.15) is 0 Å². The van der Waals surface area contributed by atoms with E-state index in [2.05, 4.69) is 15.4 Å². The highest BCUT2D eigenvalue weighted by molar-refractivity contribution is 7.09. The highest BCUT2D eigenvalue weighted by atomic mass is 32.1. The first-order valence-electron chi connectivity index (χ1n) is 7.73. The van der Waals surface area contributed by atoms with E-state index in [1.165, 1.54) is 0 Å². The maximum Gasteiger partial charge on any atom is 0.276 e. The fourth-order valence-electron chi connectivity index (χ4n) is 2.63. The van der Waals surface area contributed by atoms with Crippen molar-refractivity contribution in [3.63, 3.8) is 0 Å².